The molecular formula is C26H25N7O2. The van der Waals surface area contributed by atoms with Gasteiger partial charge in [0, 0.05) is 22.2 Å². The van der Waals surface area contributed by atoms with Crippen LogP contribution in [0.15, 0.2) is 72.9 Å². The maximum atomic E-state index is 13.0. The molecule has 0 spiro atoms. The zero-order chi connectivity index (χ0) is 24.2. The quantitative estimate of drug-likeness (QED) is 0.350. The Bertz CT molecular complexity index is 1450. The first-order valence-corrected chi connectivity index (χ1v) is 11.4. The lowest BCUT2D eigenvalue weighted by molar-refractivity contribution is -0.117. The fourth-order valence-electron chi connectivity index (χ4n) is 4.22. The van der Waals surface area contributed by atoms with Crippen molar-refractivity contribution in [2.75, 3.05) is 12.4 Å². The number of tetrazole rings is 1. The summed E-state index contributed by atoms with van der Waals surface area (Å²) in [6.45, 7) is 2.52. The minimum atomic E-state index is -0.209. The molecule has 0 fully saturated rings. The molecule has 5 aromatic rings. The summed E-state index contributed by atoms with van der Waals surface area (Å²) in [5, 5.41) is 22.8. The highest BCUT2D eigenvalue weighted by molar-refractivity contribution is 5.97. The van der Waals surface area contributed by atoms with Gasteiger partial charge in [-0.2, -0.15) is 10.3 Å². The second-order valence-corrected chi connectivity index (χ2v) is 8.20. The number of anilines is 1. The molecule has 1 atom stereocenters. The number of rotatable bonds is 8. The number of fused-ring (bicyclic) bond motifs is 1. The van der Waals surface area contributed by atoms with E-state index >= 15 is 0 Å². The second-order valence-electron chi connectivity index (χ2n) is 8.20. The van der Waals surface area contributed by atoms with E-state index in [9.17, 15) is 4.79 Å². The Morgan fingerprint density at radius 1 is 1.11 bits per heavy atom. The van der Waals surface area contributed by atoms with Crippen molar-refractivity contribution in [3.8, 4) is 17.1 Å². The smallest absolute Gasteiger partial charge is 0.231 e. The molecule has 0 bridgehead atoms. The molecule has 35 heavy (non-hydrogen) atoms. The lowest BCUT2D eigenvalue weighted by Gasteiger charge is -2.16. The van der Waals surface area contributed by atoms with E-state index < -0.39 is 0 Å². The van der Waals surface area contributed by atoms with Crippen LogP contribution in [0.25, 0.3) is 22.3 Å². The normalized spacial score (nSPS) is 11.9. The standard InChI is InChI=1S/C26H25N7O2/c1-3-22(17-7-5-4-6-8-17)26(34)28-21-12-11-19-15-27-33(23(19)14-21)16-20-10-9-18(13-24(20)35-2)25-29-31-32-30-25/h4-15,22H,3,16H2,1-2H3,(H,28,34)(H,29,30,31,32). The fraction of sp³-hybridized carbons (Fsp3) is 0.192. The number of hydrogen-bond donors (Lipinski definition) is 2. The maximum absolute atomic E-state index is 13.0. The highest BCUT2D eigenvalue weighted by atomic mass is 16.5. The molecule has 2 aromatic heterocycles. The summed E-state index contributed by atoms with van der Waals surface area (Å²) in [5.41, 5.74) is 4.42. The van der Waals surface area contributed by atoms with Gasteiger partial charge in [0.05, 0.1) is 31.3 Å². The maximum Gasteiger partial charge on any atom is 0.231 e. The molecule has 0 saturated heterocycles. The van der Waals surface area contributed by atoms with Crippen LogP contribution in [-0.4, -0.2) is 43.4 Å². The third-order valence-electron chi connectivity index (χ3n) is 6.05. The number of benzene rings is 3. The minimum Gasteiger partial charge on any atom is -0.496 e. The molecule has 2 N–H and O–H groups in total. The summed E-state index contributed by atoms with van der Waals surface area (Å²) in [5.74, 6) is 0.969. The lowest BCUT2D eigenvalue weighted by Crippen LogP contribution is -2.20. The predicted octanol–water partition coefficient (Wildman–Crippen LogP) is 4.41. The van der Waals surface area contributed by atoms with Crippen LogP contribution in [0.1, 0.15) is 30.4 Å². The van der Waals surface area contributed by atoms with E-state index in [0.717, 1.165) is 39.7 Å². The average Bonchev–Trinajstić information content (AvgIpc) is 3.56. The van der Waals surface area contributed by atoms with E-state index in [1.54, 1.807) is 7.11 Å². The molecule has 1 unspecified atom stereocenters. The number of ether oxygens (including phenoxy) is 1. The Balaban J connectivity index is 1.39. The Labute approximate surface area is 202 Å². The van der Waals surface area contributed by atoms with Crippen LogP contribution >= 0.6 is 0 Å². The predicted molar refractivity (Wildman–Crippen MR) is 133 cm³/mol. The van der Waals surface area contributed by atoms with Gasteiger partial charge in [0.25, 0.3) is 0 Å². The summed E-state index contributed by atoms with van der Waals surface area (Å²) in [6, 6.07) is 21.5. The van der Waals surface area contributed by atoms with Crippen molar-refractivity contribution in [3.05, 3.63) is 84.1 Å². The molecule has 0 aliphatic heterocycles. The Morgan fingerprint density at radius 3 is 2.71 bits per heavy atom. The molecule has 1 amide bonds. The van der Waals surface area contributed by atoms with Crippen molar-refractivity contribution < 1.29 is 9.53 Å². The first kappa shape index (κ1) is 22.3. The molecular weight excluding hydrogens is 442 g/mol. The molecule has 0 aliphatic rings. The molecule has 9 heteroatoms. The summed E-state index contributed by atoms with van der Waals surface area (Å²) in [4.78, 5) is 13.0. The van der Waals surface area contributed by atoms with Crippen molar-refractivity contribution in [3.63, 3.8) is 0 Å². The first-order chi connectivity index (χ1) is 17.2. The number of aromatic amines is 1. The van der Waals surface area contributed by atoms with Crippen LogP contribution in [0.3, 0.4) is 0 Å². The van der Waals surface area contributed by atoms with Crippen molar-refractivity contribution >= 4 is 22.5 Å². The molecule has 176 valence electrons. The van der Waals surface area contributed by atoms with E-state index in [1.807, 2.05) is 84.5 Å². The molecule has 5 rings (SSSR count). The Kier molecular flexibility index (Phi) is 6.21. The number of nitrogens with one attached hydrogen (secondary N) is 2. The van der Waals surface area contributed by atoms with Gasteiger partial charge in [0.1, 0.15) is 5.75 Å². The minimum absolute atomic E-state index is 0.0251. The third kappa shape index (κ3) is 4.61. The van der Waals surface area contributed by atoms with Crippen LogP contribution in [-0.2, 0) is 11.3 Å². The average molecular weight is 468 g/mol. The van der Waals surface area contributed by atoms with Gasteiger partial charge in [-0.15, -0.1) is 10.2 Å². The summed E-state index contributed by atoms with van der Waals surface area (Å²) < 4.78 is 7.51. The van der Waals surface area contributed by atoms with Crippen LogP contribution < -0.4 is 10.1 Å². The van der Waals surface area contributed by atoms with Crippen LogP contribution in [0, 0.1) is 0 Å². The van der Waals surface area contributed by atoms with Gasteiger partial charge in [-0.25, -0.2) is 0 Å². The van der Waals surface area contributed by atoms with Crippen LogP contribution in [0.2, 0.25) is 0 Å². The van der Waals surface area contributed by atoms with E-state index in [4.69, 9.17) is 4.74 Å². The van der Waals surface area contributed by atoms with Gasteiger partial charge in [-0.3, -0.25) is 9.48 Å². The molecule has 2 heterocycles. The van der Waals surface area contributed by atoms with E-state index in [1.165, 1.54) is 0 Å². The molecule has 0 aliphatic carbocycles. The summed E-state index contributed by atoms with van der Waals surface area (Å²) >= 11 is 0. The summed E-state index contributed by atoms with van der Waals surface area (Å²) in [7, 11) is 1.63. The fourth-order valence-corrected chi connectivity index (χ4v) is 4.22. The molecule has 0 radical (unpaired) electrons. The molecule has 9 nitrogen and oxygen atoms in total. The van der Waals surface area contributed by atoms with Crippen molar-refractivity contribution in [2.24, 2.45) is 0 Å². The topological polar surface area (TPSA) is 111 Å². The van der Waals surface area contributed by atoms with Gasteiger partial charge < -0.3 is 10.1 Å². The number of methoxy groups -OCH3 is 1. The molecule has 3 aromatic carbocycles. The molecule has 0 saturated carbocycles. The third-order valence-corrected chi connectivity index (χ3v) is 6.05. The number of carbonyl (C=O) groups is 1. The van der Waals surface area contributed by atoms with E-state index in [0.29, 0.717) is 18.1 Å². The number of aromatic nitrogens is 6. The zero-order valence-electron chi connectivity index (χ0n) is 19.5. The van der Waals surface area contributed by atoms with Gasteiger partial charge in [-0.1, -0.05) is 49.4 Å². The van der Waals surface area contributed by atoms with Gasteiger partial charge in [0.2, 0.25) is 11.7 Å². The van der Waals surface area contributed by atoms with Crippen molar-refractivity contribution in [1.82, 2.24) is 30.4 Å². The number of hydrogen-bond acceptors (Lipinski definition) is 6. The Hall–Kier alpha value is -4.53. The summed E-state index contributed by atoms with van der Waals surface area (Å²) in [6.07, 6.45) is 2.54. The SMILES string of the molecule is CCC(C(=O)Nc1ccc2cnn(Cc3ccc(-c4nn[nH]n4)cc3OC)c2c1)c1ccccc1. The number of amides is 1. The largest absolute Gasteiger partial charge is 0.496 e. The zero-order valence-corrected chi connectivity index (χ0v) is 19.5. The number of nitrogens with zero attached hydrogens (tertiary/aromatic N) is 5. The van der Waals surface area contributed by atoms with Crippen molar-refractivity contribution in [2.45, 2.75) is 25.8 Å². The van der Waals surface area contributed by atoms with Crippen molar-refractivity contribution in [1.29, 1.82) is 0 Å². The number of carbonyl (C=O) groups excluding carboxylic acids is 1. The van der Waals surface area contributed by atoms with E-state index in [2.05, 4.69) is 31.0 Å². The van der Waals surface area contributed by atoms with E-state index in [-0.39, 0.29) is 11.8 Å². The second kappa shape index (κ2) is 9.76. The van der Waals surface area contributed by atoms with Gasteiger partial charge in [0.15, 0.2) is 0 Å². The lowest BCUT2D eigenvalue weighted by atomic mass is 9.95. The highest BCUT2D eigenvalue weighted by Crippen LogP contribution is 2.28. The van der Waals surface area contributed by atoms with Gasteiger partial charge in [-0.05, 0) is 41.5 Å². The highest BCUT2D eigenvalue weighted by Gasteiger charge is 2.19. The monoisotopic (exact) mass is 467 g/mol. The Morgan fingerprint density at radius 2 is 1.97 bits per heavy atom. The first-order valence-electron chi connectivity index (χ1n) is 11.4. The van der Waals surface area contributed by atoms with Crippen LogP contribution in [0.4, 0.5) is 5.69 Å². The van der Waals surface area contributed by atoms with Crippen LogP contribution in [0.5, 0.6) is 5.75 Å². The van der Waals surface area contributed by atoms with Gasteiger partial charge >= 0.3 is 0 Å². The number of H-pyrrole nitrogens is 1.